The van der Waals surface area contributed by atoms with Crippen LogP contribution in [-0.4, -0.2) is 12.5 Å². The van der Waals surface area contributed by atoms with Gasteiger partial charge in [-0.25, -0.2) is 0 Å². The highest BCUT2D eigenvalue weighted by atomic mass is 16.2. The maximum Gasteiger partial charge on any atom is 0.227 e. The Morgan fingerprint density at radius 1 is 1.24 bits per heavy atom. The van der Waals surface area contributed by atoms with Crippen molar-refractivity contribution in [3.63, 3.8) is 0 Å². The number of carbonyl (C=O) groups excluding carboxylic acids is 1. The van der Waals surface area contributed by atoms with Crippen LogP contribution in [0.5, 0.6) is 0 Å². The lowest BCUT2D eigenvalue weighted by atomic mass is 9.96. The summed E-state index contributed by atoms with van der Waals surface area (Å²) in [5.41, 5.74) is 7.52. The van der Waals surface area contributed by atoms with Gasteiger partial charge < -0.3 is 10.6 Å². The summed E-state index contributed by atoms with van der Waals surface area (Å²) < 4.78 is 0. The van der Waals surface area contributed by atoms with Crippen LogP contribution >= 0.6 is 0 Å². The van der Waals surface area contributed by atoms with Gasteiger partial charge in [0.2, 0.25) is 5.91 Å². The molecule has 2 N–H and O–H groups in total. The van der Waals surface area contributed by atoms with Crippen molar-refractivity contribution >= 4 is 17.3 Å². The van der Waals surface area contributed by atoms with Crippen molar-refractivity contribution in [3.8, 4) is 0 Å². The van der Waals surface area contributed by atoms with Crippen LogP contribution in [0, 0.1) is 5.92 Å². The van der Waals surface area contributed by atoms with Crippen LogP contribution in [-0.2, 0) is 4.79 Å². The van der Waals surface area contributed by atoms with Gasteiger partial charge in [-0.1, -0.05) is 38.7 Å². The molecule has 1 aliphatic carbocycles. The highest BCUT2D eigenvalue weighted by molar-refractivity contribution is 5.93. The Morgan fingerprint density at radius 3 is 2.57 bits per heavy atom. The lowest BCUT2D eigenvalue weighted by molar-refractivity contribution is -0.119. The van der Waals surface area contributed by atoms with E-state index in [2.05, 4.69) is 6.92 Å². The van der Waals surface area contributed by atoms with Crippen LogP contribution in [0.4, 0.5) is 11.4 Å². The van der Waals surface area contributed by atoms with Crippen molar-refractivity contribution in [2.45, 2.75) is 58.3 Å². The first-order chi connectivity index (χ1) is 10.2. The molecule has 0 aliphatic heterocycles. The zero-order valence-electron chi connectivity index (χ0n) is 13.2. The Labute approximate surface area is 128 Å². The van der Waals surface area contributed by atoms with E-state index < -0.39 is 0 Å². The van der Waals surface area contributed by atoms with Crippen molar-refractivity contribution in [1.29, 1.82) is 0 Å². The van der Waals surface area contributed by atoms with Gasteiger partial charge in [0.25, 0.3) is 0 Å². The minimum absolute atomic E-state index is 0.259. The van der Waals surface area contributed by atoms with Crippen LogP contribution in [0.1, 0.15) is 58.3 Å². The first kappa shape index (κ1) is 15.9. The standard InChI is InChI=1S/C18H28N2O/c1-2-12-20(17-11-7-10-16(19)14-17)18(21)13-15-8-5-3-4-6-9-15/h7,10-11,14-15H,2-6,8-9,12-13,19H2,1H3. The fraction of sp³-hybridized carbons (Fsp3) is 0.611. The highest BCUT2D eigenvalue weighted by Gasteiger charge is 2.21. The quantitative estimate of drug-likeness (QED) is 0.646. The van der Waals surface area contributed by atoms with Crippen molar-refractivity contribution in [3.05, 3.63) is 24.3 Å². The zero-order chi connectivity index (χ0) is 15.1. The molecule has 0 saturated heterocycles. The summed E-state index contributed by atoms with van der Waals surface area (Å²) in [6, 6.07) is 7.67. The molecule has 0 radical (unpaired) electrons. The molecule has 0 bridgehead atoms. The van der Waals surface area contributed by atoms with Gasteiger partial charge in [0, 0.05) is 24.3 Å². The second kappa shape index (κ2) is 8.06. The van der Waals surface area contributed by atoms with Crippen LogP contribution < -0.4 is 10.6 Å². The molecule has 3 heteroatoms. The lowest BCUT2D eigenvalue weighted by Crippen LogP contribution is -2.33. The Bertz CT molecular complexity index is 450. The third-order valence-electron chi connectivity index (χ3n) is 4.37. The van der Waals surface area contributed by atoms with E-state index in [0.29, 0.717) is 12.3 Å². The summed E-state index contributed by atoms with van der Waals surface area (Å²) in [7, 11) is 0. The summed E-state index contributed by atoms with van der Waals surface area (Å²) in [6.07, 6.45) is 9.30. The van der Waals surface area contributed by atoms with Gasteiger partial charge >= 0.3 is 0 Å². The minimum Gasteiger partial charge on any atom is -0.399 e. The van der Waals surface area contributed by atoms with Crippen molar-refractivity contribution in [1.82, 2.24) is 0 Å². The van der Waals surface area contributed by atoms with Crippen LogP contribution in [0.25, 0.3) is 0 Å². The number of hydrogen-bond donors (Lipinski definition) is 1. The lowest BCUT2D eigenvalue weighted by Gasteiger charge is -2.25. The molecule has 3 nitrogen and oxygen atoms in total. The topological polar surface area (TPSA) is 46.3 Å². The molecule has 0 spiro atoms. The van der Waals surface area contributed by atoms with E-state index in [1.165, 1.54) is 38.5 Å². The van der Waals surface area contributed by atoms with Gasteiger partial charge in [0.1, 0.15) is 0 Å². The van der Waals surface area contributed by atoms with E-state index in [9.17, 15) is 4.79 Å². The van der Waals surface area contributed by atoms with E-state index in [4.69, 9.17) is 5.73 Å². The Morgan fingerprint density at radius 2 is 1.95 bits per heavy atom. The van der Waals surface area contributed by atoms with Gasteiger partial charge in [-0.05, 0) is 43.4 Å². The number of carbonyl (C=O) groups is 1. The van der Waals surface area contributed by atoms with Gasteiger partial charge in [0.15, 0.2) is 0 Å². The number of anilines is 2. The second-order valence-electron chi connectivity index (χ2n) is 6.20. The predicted octanol–water partition coefficient (Wildman–Crippen LogP) is 4.37. The normalized spacial score (nSPS) is 16.4. The number of nitrogens with two attached hydrogens (primary N) is 1. The number of hydrogen-bond acceptors (Lipinski definition) is 2. The molecule has 116 valence electrons. The number of benzene rings is 1. The molecule has 1 aromatic rings. The fourth-order valence-electron chi connectivity index (χ4n) is 3.24. The summed E-state index contributed by atoms with van der Waals surface area (Å²) in [5.74, 6) is 0.828. The second-order valence-corrected chi connectivity index (χ2v) is 6.20. The van der Waals surface area contributed by atoms with Gasteiger partial charge in [-0.2, -0.15) is 0 Å². The molecule has 2 rings (SSSR count). The van der Waals surface area contributed by atoms with Crippen LogP contribution in [0.15, 0.2) is 24.3 Å². The first-order valence-electron chi connectivity index (χ1n) is 8.36. The number of rotatable bonds is 5. The molecule has 0 unspecified atom stereocenters. The highest BCUT2D eigenvalue weighted by Crippen LogP contribution is 2.27. The summed E-state index contributed by atoms with van der Waals surface area (Å²) >= 11 is 0. The molecular formula is C18H28N2O. The average Bonchev–Trinajstić information content (AvgIpc) is 2.73. The van der Waals surface area contributed by atoms with Gasteiger partial charge in [-0.3, -0.25) is 4.79 Å². The molecule has 1 aliphatic rings. The number of amides is 1. The molecule has 1 amide bonds. The van der Waals surface area contributed by atoms with E-state index in [0.717, 1.165) is 24.3 Å². The first-order valence-corrected chi connectivity index (χ1v) is 8.36. The number of nitrogens with zero attached hydrogens (tertiary/aromatic N) is 1. The molecule has 0 aromatic heterocycles. The molecule has 1 saturated carbocycles. The Hall–Kier alpha value is -1.51. The predicted molar refractivity (Wildman–Crippen MR) is 89.3 cm³/mol. The fourth-order valence-corrected chi connectivity index (χ4v) is 3.24. The van der Waals surface area contributed by atoms with E-state index in [-0.39, 0.29) is 5.91 Å². The molecular weight excluding hydrogens is 260 g/mol. The van der Waals surface area contributed by atoms with E-state index in [1.54, 1.807) is 0 Å². The Balaban J connectivity index is 2.04. The largest absolute Gasteiger partial charge is 0.399 e. The summed E-state index contributed by atoms with van der Waals surface area (Å²) in [5, 5.41) is 0. The van der Waals surface area contributed by atoms with E-state index >= 15 is 0 Å². The summed E-state index contributed by atoms with van der Waals surface area (Å²) in [6.45, 7) is 2.88. The third kappa shape index (κ3) is 4.76. The van der Waals surface area contributed by atoms with Gasteiger partial charge in [-0.15, -0.1) is 0 Å². The maximum atomic E-state index is 12.7. The molecule has 1 fully saturated rings. The maximum absolute atomic E-state index is 12.7. The van der Waals surface area contributed by atoms with Crippen molar-refractivity contribution < 1.29 is 4.79 Å². The molecule has 1 aromatic carbocycles. The zero-order valence-corrected chi connectivity index (χ0v) is 13.2. The molecule has 21 heavy (non-hydrogen) atoms. The SMILES string of the molecule is CCCN(C(=O)CC1CCCCCC1)c1cccc(N)c1. The molecule has 0 heterocycles. The number of nitrogen functional groups attached to an aromatic ring is 1. The monoisotopic (exact) mass is 288 g/mol. The summed E-state index contributed by atoms with van der Waals surface area (Å²) in [4.78, 5) is 14.6. The Kier molecular flexibility index (Phi) is 6.09. The van der Waals surface area contributed by atoms with Crippen molar-refractivity contribution in [2.75, 3.05) is 17.2 Å². The van der Waals surface area contributed by atoms with Crippen molar-refractivity contribution in [2.24, 2.45) is 5.92 Å². The van der Waals surface area contributed by atoms with E-state index in [1.807, 2.05) is 29.2 Å². The third-order valence-corrected chi connectivity index (χ3v) is 4.37. The minimum atomic E-state index is 0.259. The smallest absolute Gasteiger partial charge is 0.227 e. The van der Waals surface area contributed by atoms with Gasteiger partial charge in [0.05, 0.1) is 0 Å². The molecule has 0 atom stereocenters. The van der Waals surface area contributed by atoms with Crippen LogP contribution in [0.2, 0.25) is 0 Å². The van der Waals surface area contributed by atoms with Crippen LogP contribution in [0.3, 0.4) is 0 Å². The average molecular weight is 288 g/mol.